The van der Waals surface area contributed by atoms with Crippen LogP contribution in [0.15, 0.2) is 6.20 Å². The molecule has 1 amide bonds. The van der Waals surface area contributed by atoms with E-state index < -0.39 is 12.0 Å². The summed E-state index contributed by atoms with van der Waals surface area (Å²) in [6.07, 6.45) is 2.14. The lowest BCUT2D eigenvalue weighted by Crippen LogP contribution is -2.32. The Hall–Kier alpha value is -1.92. The Morgan fingerprint density at radius 1 is 1.44 bits per heavy atom. The van der Waals surface area contributed by atoms with Crippen molar-refractivity contribution in [2.45, 2.75) is 33.2 Å². The number of amides is 1. The average Bonchev–Trinajstić information content (AvgIpc) is 2.76. The molecule has 1 aromatic rings. The Morgan fingerprint density at radius 3 is 2.61 bits per heavy atom. The zero-order valence-electron chi connectivity index (χ0n) is 10.8. The van der Waals surface area contributed by atoms with Crippen LogP contribution in [0.5, 0.6) is 0 Å². The minimum absolute atomic E-state index is 0.170. The summed E-state index contributed by atoms with van der Waals surface area (Å²) < 4.78 is 1.24. The number of hydrogen-bond donors (Lipinski definition) is 2. The summed E-state index contributed by atoms with van der Waals surface area (Å²) >= 11 is 0. The average molecular weight is 254 g/mol. The highest BCUT2D eigenvalue weighted by Crippen LogP contribution is 2.05. The number of nitrogens with zero attached hydrogens (tertiary/aromatic N) is 3. The molecule has 0 aliphatic carbocycles. The van der Waals surface area contributed by atoms with Crippen LogP contribution in [0, 0.1) is 5.92 Å². The minimum Gasteiger partial charge on any atom is -0.476 e. The third kappa shape index (κ3) is 3.83. The van der Waals surface area contributed by atoms with Crippen molar-refractivity contribution < 1.29 is 14.7 Å². The molecular formula is C11H18N4O3. The fraction of sp³-hybridized carbons (Fsp3) is 0.636. The van der Waals surface area contributed by atoms with Crippen molar-refractivity contribution in [2.24, 2.45) is 5.92 Å². The van der Waals surface area contributed by atoms with Gasteiger partial charge in [-0.2, -0.15) is 0 Å². The second kappa shape index (κ2) is 6.13. The van der Waals surface area contributed by atoms with E-state index in [1.165, 1.54) is 10.9 Å². The molecule has 1 rings (SSSR count). The number of carboxylic acids is 1. The van der Waals surface area contributed by atoms with E-state index in [9.17, 15) is 9.59 Å². The maximum atomic E-state index is 11.8. The normalized spacial score (nSPS) is 12.4. The highest BCUT2D eigenvalue weighted by atomic mass is 16.4. The molecule has 100 valence electrons. The molecule has 7 nitrogen and oxygen atoms in total. The molecule has 1 aromatic heterocycles. The summed E-state index contributed by atoms with van der Waals surface area (Å²) in [5, 5.41) is 18.6. The van der Waals surface area contributed by atoms with Gasteiger partial charge in [-0.15, -0.1) is 5.10 Å². The molecule has 2 N–H and O–H groups in total. The fourth-order valence-corrected chi connectivity index (χ4v) is 1.32. The number of carboxylic acid groups (broad SMARTS) is 1. The zero-order chi connectivity index (χ0) is 13.7. The molecule has 18 heavy (non-hydrogen) atoms. The molecule has 7 heteroatoms. The first kappa shape index (κ1) is 14.1. The minimum atomic E-state index is -1.16. The summed E-state index contributed by atoms with van der Waals surface area (Å²) in [5.74, 6) is -0.836. The summed E-state index contributed by atoms with van der Waals surface area (Å²) in [6.45, 7) is 6.39. The molecular weight excluding hydrogens is 236 g/mol. The molecule has 1 atom stereocenters. The monoisotopic (exact) mass is 254 g/mol. The lowest BCUT2D eigenvalue weighted by atomic mass is 10.1. The number of carbonyl (C=O) groups is 2. The summed E-state index contributed by atoms with van der Waals surface area (Å²) in [7, 11) is 0. The van der Waals surface area contributed by atoms with Crippen LogP contribution in [-0.2, 0) is 4.79 Å². The van der Waals surface area contributed by atoms with Gasteiger partial charge in [0.15, 0.2) is 5.69 Å². The van der Waals surface area contributed by atoms with E-state index in [1.807, 2.05) is 0 Å². The van der Waals surface area contributed by atoms with Crippen LogP contribution in [0.4, 0.5) is 0 Å². The third-order valence-electron chi connectivity index (χ3n) is 2.53. The van der Waals surface area contributed by atoms with Crippen LogP contribution in [0.3, 0.4) is 0 Å². The second-order valence-corrected chi connectivity index (χ2v) is 4.54. The van der Waals surface area contributed by atoms with Gasteiger partial charge < -0.3 is 10.4 Å². The molecule has 0 radical (unpaired) electrons. The number of nitrogens with one attached hydrogen (secondary N) is 1. The predicted octanol–water partition coefficient (Wildman–Crippen LogP) is 0.700. The Bertz CT molecular complexity index is 428. The van der Waals surface area contributed by atoms with Gasteiger partial charge in [-0.1, -0.05) is 19.1 Å². The first-order valence-electron chi connectivity index (χ1n) is 5.84. The summed E-state index contributed by atoms with van der Waals surface area (Å²) in [4.78, 5) is 22.4. The number of carbonyl (C=O) groups excluding carboxylic acids is 1. The van der Waals surface area contributed by atoms with Crippen molar-refractivity contribution in [1.82, 2.24) is 20.3 Å². The van der Waals surface area contributed by atoms with Gasteiger partial charge in [-0.05, 0) is 19.3 Å². The van der Waals surface area contributed by atoms with Gasteiger partial charge in [0.2, 0.25) is 5.91 Å². The Balaban J connectivity index is 2.54. The van der Waals surface area contributed by atoms with Crippen molar-refractivity contribution in [3.63, 3.8) is 0 Å². The van der Waals surface area contributed by atoms with Gasteiger partial charge in [0.25, 0.3) is 0 Å². The van der Waals surface area contributed by atoms with Gasteiger partial charge in [-0.3, -0.25) is 4.79 Å². The highest BCUT2D eigenvalue weighted by Gasteiger charge is 2.18. The smallest absolute Gasteiger partial charge is 0.358 e. The molecule has 0 aliphatic rings. The summed E-state index contributed by atoms with van der Waals surface area (Å²) in [6, 6.07) is -0.572. The van der Waals surface area contributed by atoms with Crippen molar-refractivity contribution >= 4 is 11.9 Å². The van der Waals surface area contributed by atoms with Crippen LogP contribution < -0.4 is 5.32 Å². The molecule has 1 unspecified atom stereocenters. The van der Waals surface area contributed by atoms with Crippen LogP contribution in [0.1, 0.15) is 43.7 Å². The third-order valence-corrected chi connectivity index (χ3v) is 2.53. The van der Waals surface area contributed by atoms with Gasteiger partial charge in [0.1, 0.15) is 6.04 Å². The van der Waals surface area contributed by atoms with E-state index >= 15 is 0 Å². The van der Waals surface area contributed by atoms with Gasteiger partial charge in [0, 0.05) is 6.54 Å². The molecule has 0 bridgehead atoms. The van der Waals surface area contributed by atoms with Gasteiger partial charge in [0.05, 0.1) is 6.20 Å². The van der Waals surface area contributed by atoms with E-state index in [-0.39, 0.29) is 11.6 Å². The van der Waals surface area contributed by atoms with E-state index in [4.69, 9.17) is 5.11 Å². The summed E-state index contributed by atoms with van der Waals surface area (Å²) in [5.41, 5.74) is -0.170. The van der Waals surface area contributed by atoms with Crippen molar-refractivity contribution in [2.75, 3.05) is 6.54 Å². The lowest BCUT2D eigenvalue weighted by Gasteiger charge is -2.12. The van der Waals surface area contributed by atoms with E-state index in [0.717, 1.165) is 6.42 Å². The topological polar surface area (TPSA) is 97.1 Å². The first-order chi connectivity index (χ1) is 8.41. The Morgan fingerprint density at radius 2 is 2.11 bits per heavy atom. The molecule has 0 saturated heterocycles. The van der Waals surface area contributed by atoms with Crippen LogP contribution in [0.25, 0.3) is 0 Å². The van der Waals surface area contributed by atoms with Crippen LogP contribution >= 0.6 is 0 Å². The predicted molar refractivity (Wildman–Crippen MR) is 64.2 cm³/mol. The number of rotatable bonds is 6. The zero-order valence-corrected chi connectivity index (χ0v) is 10.8. The number of aromatic carboxylic acids is 1. The maximum absolute atomic E-state index is 11.8. The van der Waals surface area contributed by atoms with E-state index in [2.05, 4.69) is 29.5 Å². The number of aromatic nitrogens is 3. The van der Waals surface area contributed by atoms with Gasteiger partial charge >= 0.3 is 5.97 Å². The van der Waals surface area contributed by atoms with Crippen molar-refractivity contribution in [3.8, 4) is 0 Å². The lowest BCUT2D eigenvalue weighted by molar-refractivity contribution is -0.124. The highest BCUT2D eigenvalue weighted by molar-refractivity contribution is 5.85. The van der Waals surface area contributed by atoms with Crippen LogP contribution in [-0.4, -0.2) is 38.5 Å². The molecule has 0 saturated carbocycles. The molecule has 0 aromatic carbocycles. The fourth-order valence-electron chi connectivity index (χ4n) is 1.32. The molecule has 0 fully saturated rings. The first-order valence-corrected chi connectivity index (χ1v) is 5.84. The van der Waals surface area contributed by atoms with Crippen molar-refractivity contribution in [3.05, 3.63) is 11.9 Å². The molecule has 0 aliphatic heterocycles. The van der Waals surface area contributed by atoms with E-state index in [1.54, 1.807) is 6.92 Å². The second-order valence-electron chi connectivity index (χ2n) is 4.54. The van der Waals surface area contributed by atoms with Gasteiger partial charge in [-0.25, -0.2) is 9.48 Å². The van der Waals surface area contributed by atoms with Crippen molar-refractivity contribution in [1.29, 1.82) is 0 Å². The standard InChI is InChI=1S/C11H18N4O3/c1-7(2)4-5-12-10(16)8(3)15-6-9(11(17)18)13-14-15/h6-8H,4-5H2,1-3H3,(H,12,16)(H,17,18). The quantitative estimate of drug-likeness (QED) is 0.778. The SMILES string of the molecule is CC(C)CCNC(=O)C(C)n1cc(C(=O)O)nn1. The molecule has 1 heterocycles. The Kier molecular flexibility index (Phi) is 4.82. The Labute approximate surface area is 105 Å². The molecule has 0 spiro atoms. The van der Waals surface area contributed by atoms with Crippen LogP contribution in [0.2, 0.25) is 0 Å². The van der Waals surface area contributed by atoms with E-state index in [0.29, 0.717) is 12.5 Å². The largest absolute Gasteiger partial charge is 0.476 e. The maximum Gasteiger partial charge on any atom is 0.358 e. The number of hydrogen-bond acceptors (Lipinski definition) is 4.